The summed E-state index contributed by atoms with van der Waals surface area (Å²) in [4.78, 5) is 0. The molecule has 0 amide bonds. The molecule has 0 unspecified atom stereocenters. The number of hydrogen-bond acceptors (Lipinski definition) is 0. The fourth-order valence-corrected chi connectivity index (χ4v) is 9.87. The molecule has 0 aliphatic heterocycles. The van der Waals surface area contributed by atoms with E-state index in [1.54, 1.807) is 0 Å². The molecule has 0 bridgehead atoms. The standard InChI is InChI=1S/C50H28N2/c1-3-15-33-29(11-1)13-9-19-35(33)31-23-25-39-43(27-31)51-41-21-7-5-17-37(41)46-48-40-26-24-32(36-20-10-14-30-12-2-4-16-34(30)36)28-44(40)52-42-22-8-6-18-38(42)45(50(48)52)47(39)49(46)51/h1-28H. The molecule has 0 atom stereocenters. The van der Waals surface area contributed by atoms with Crippen LogP contribution in [0.4, 0.5) is 0 Å². The average Bonchev–Trinajstić information content (AvgIpc) is 3.93. The van der Waals surface area contributed by atoms with Gasteiger partial charge in [-0.3, -0.25) is 0 Å². The van der Waals surface area contributed by atoms with Crippen LogP contribution in [0.3, 0.4) is 0 Å². The summed E-state index contributed by atoms with van der Waals surface area (Å²) in [6, 6.07) is 63.1. The minimum absolute atomic E-state index is 1.24. The van der Waals surface area contributed by atoms with Gasteiger partial charge in [0.25, 0.3) is 0 Å². The van der Waals surface area contributed by atoms with Gasteiger partial charge in [-0.1, -0.05) is 146 Å². The molecule has 13 rings (SSSR count). The summed E-state index contributed by atoms with van der Waals surface area (Å²) in [5.41, 5.74) is 12.7. The van der Waals surface area contributed by atoms with Crippen molar-refractivity contribution < 1.29 is 0 Å². The molecule has 13 aromatic rings. The molecule has 0 saturated carbocycles. The van der Waals surface area contributed by atoms with Crippen LogP contribution in [0, 0.1) is 0 Å². The first kappa shape index (κ1) is 26.9. The predicted molar refractivity (Wildman–Crippen MR) is 222 cm³/mol. The number of aromatic nitrogens is 2. The third-order valence-corrected chi connectivity index (χ3v) is 11.9. The summed E-state index contributed by atoms with van der Waals surface area (Å²) in [6.07, 6.45) is 0. The summed E-state index contributed by atoms with van der Waals surface area (Å²) in [5, 5.41) is 15.7. The second-order valence-corrected chi connectivity index (χ2v) is 14.4. The highest BCUT2D eigenvalue weighted by atomic mass is 14.9. The Morgan fingerprint density at radius 1 is 0.269 bits per heavy atom. The van der Waals surface area contributed by atoms with Gasteiger partial charge < -0.3 is 8.80 Å². The van der Waals surface area contributed by atoms with Crippen molar-refractivity contribution in [3.05, 3.63) is 170 Å². The molecular formula is C50H28N2. The summed E-state index contributed by atoms with van der Waals surface area (Å²) in [6.45, 7) is 0. The van der Waals surface area contributed by atoms with E-state index in [2.05, 4.69) is 179 Å². The molecule has 0 spiro atoms. The van der Waals surface area contributed by atoms with Gasteiger partial charge in [0.15, 0.2) is 0 Å². The lowest BCUT2D eigenvalue weighted by Gasteiger charge is -2.08. The van der Waals surface area contributed by atoms with Crippen molar-refractivity contribution in [2.24, 2.45) is 0 Å². The van der Waals surface area contributed by atoms with E-state index in [4.69, 9.17) is 0 Å². The van der Waals surface area contributed by atoms with Gasteiger partial charge in [-0.15, -0.1) is 0 Å². The normalized spacial score (nSPS) is 12.6. The lowest BCUT2D eigenvalue weighted by Crippen LogP contribution is -1.84. The maximum atomic E-state index is 2.56. The number of benzene rings is 9. The van der Waals surface area contributed by atoms with E-state index < -0.39 is 0 Å². The molecule has 0 saturated heterocycles. The van der Waals surface area contributed by atoms with Crippen molar-refractivity contribution in [2.45, 2.75) is 0 Å². The molecule has 238 valence electrons. The van der Waals surface area contributed by atoms with Crippen LogP contribution in [0.25, 0.3) is 120 Å². The molecule has 0 N–H and O–H groups in total. The van der Waals surface area contributed by atoms with Crippen LogP contribution in [-0.2, 0) is 0 Å². The first-order valence-corrected chi connectivity index (χ1v) is 18.1. The van der Waals surface area contributed by atoms with Crippen LogP contribution < -0.4 is 0 Å². The molecular weight excluding hydrogens is 629 g/mol. The van der Waals surface area contributed by atoms with Crippen LogP contribution in [0.15, 0.2) is 170 Å². The van der Waals surface area contributed by atoms with Crippen LogP contribution in [-0.4, -0.2) is 8.80 Å². The molecule has 9 aromatic carbocycles. The second kappa shape index (κ2) is 9.45. The smallest absolute Gasteiger partial charge is 0.0634 e. The van der Waals surface area contributed by atoms with Gasteiger partial charge in [-0.2, -0.15) is 0 Å². The van der Waals surface area contributed by atoms with Gasteiger partial charge in [0.2, 0.25) is 0 Å². The minimum atomic E-state index is 1.24. The Morgan fingerprint density at radius 2 is 0.635 bits per heavy atom. The van der Waals surface area contributed by atoms with Gasteiger partial charge in [-0.25, -0.2) is 0 Å². The Labute approximate surface area is 297 Å². The molecule has 0 radical (unpaired) electrons. The van der Waals surface area contributed by atoms with E-state index in [0.717, 1.165) is 0 Å². The summed E-state index contributed by atoms with van der Waals surface area (Å²) in [5.74, 6) is 0. The van der Waals surface area contributed by atoms with E-state index in [1.807, 2.05) is 0 Å². The molecule has 0 fully saturated rings. The van der Waals surface area contributed by atoms with Crippen molar-refractivity contribution in [1.82, 2.24) is 8.80 Å². The van der Waals surface area contributed by atoms with E-state index in [1.165, 1.54) is 120 Å². The quantitative estimate of drug-likeness (QED) is 0.175. The van der Waals surface area contributed by atoms with Gasteiger partial charge >= 0.3 is 0 Å². The predicted octanol–water partition coefficient (Wildman–Crippen LogP) is 13.6. The number of hydrogen-bond donors (Lipinski definition) is 0. The number of para-hydroxylation sites is 2. The van der Waals surface area contributed by atoms with E-state index >= 15 is 0 Å². The molecule has 4 heterocycles. The highest BCUT2D eigenvalue weighted by molar-refractivity contribution is 6.45. The maximum Gasteiger partial charge on any atom is 0.0634 e. The van der Waals surface area contributed by atoms with Gasteiger partial charge in [0.1, 0.15) is 0 Å². The van der Waals surface area contributed by atoms with Gasteiger partial charge in [0, 0.05) is 43.1 Å². The monoisotopic (exact) mass is 656 g/mol. The van der Waals surface area contributed by atoms with E-state index in [-0.39, 0.29) is 0 Å². The van der Waals surface area contributed by atoms with Gasteiger partial charge in [0.05, 0.1) is 33.1 Å². The number of fused-ring (bicyclic) bond motifs is 16. The first-order chi connectivity index (χ1) is 25.8. The number of rotatable bonds is 2. The second-order valence-electron chi connectivity index (χ2n) is 14.4. The van der Waals surface area contributed by atoms with Crippen LogP contribution in [0.5, 0.6) is 0 Å². The Kier molecular flexibility index (Phi) is 4.89. The SMILES string of the molecule is c1ccc2c(-c3ccc4c5c6c7ccccc7n7c8cc(-c9cccc%10ccccc9%10)ccc8c(c8c9ccccc9n(c4c3)c85)c67)cccc2c1. The summed E-state index contributed by atoms with van der Waals surface area (Å²) in [7, 11) is 0. The first-order valence-electron chi connectivity index (χ1n) is 18.1. The molecule has 52 heavy (non-hydrogen) atoms. The largest absolute Gasteiger partial charge is 0.308 e. The highest BCUT2D eigenvalue weighted by Crippen LogP contribution is 2.52. The zero-order valence-corrected chi connectivity index (χ0v) is 28.1. The number of nitrogens with zero attached hydrogens (tertiary/aromatic N) is 2. The van der Waals surface area contributed by atoms with Crippen LogP contribution in [0.2, 0.25) is 0 Å². The van der Waals surface area contributed by atoms with E-state index in [0.29, 0.717) is 0 Å². The van der Waals surface area contributed by atoms with Gasteiger partial charge in [-0.05, 0) is 68.1 Å². The topological polar surface area (TPSA) is 8.82 Å². The fourth-order valence-electron chi connectivity index (χ4n) is 9.87. The minimum Gasteiger partial charge on any atom is -0.308 e. The third-order valence-electron chi connectivity index (χ3n) is 11.9. The molecule has 2 nitrogen and oxygen atoms in total. The van der Waals surface area contributed by atoms with E-state index in [9.17, 15) is 0 Å². The van der Waals surface area contributed by atoms with Crippen molar-refractivity contribution >= 4 is 97.7 Å². The average molecular weight is 657 g/mol. The zero-order valence-electron chi connectivity index (χ0n) is 28.1. The van der Waals surface area contributed by atoms with Crippen molar-refractivity contribution in [2.75, 3.05) is 0 Å². The lowest BCUT2D eigenvalue weighted by molar-refractivity contribution is 1.37. The molecule has 0 aliphatic carbocycles. The van der Waals surface area contributed by atoms with Crippen molar-refractivity contribution in [3.8, 4) is 22.3 Å². The maximum absolute atomic E-state index is 2.56. The Morgan fingerprint density at radius 3 is 1.10 bits per heavy atom. The molecule has 0 aliphatic rings. The highest BCUT2D eigenvalue weighted by Gasteiger charge is 2.28. The lowest BCUT2D eigenvalue weighted by atomic mass is 9.94. The molecule has 2 heteroatoms. The summed E-state index contributed by atoms with van der Waals surface area (Å²) < 4.78 is 5.13. The van der Waals surface area contributed by atoms with Crippen molar-refractivity contribution in [1.29, 1.82) is 0 Å². The summed E-state index contributed by atoms with van der Waals surface area (Å²) >= 11 is 0. The zero-order chi connectivity index (χ0) is 33.7. The Hall–Kier alpha value is -6.90. The fraction of sp³-hybridized carbons (Fsp3) is 0. The molecule has 4 aromatic heterocycles. The Bertz CT molecular complexity index is 3380. The Balaban J connectivity index is 1.23. The van der Waals surface area contributed by atoms with Crippen LogP contribution in [0.1, 0.15) is 0 Å². The van der Waals surface area contributed by atoms with Crippen molar-refractivity contribution in [3.63, 3.8) is 0 Å². The third kappa shape index (κ3) is 3.18. The van der Waals surface area contributed by atoms with Crippen LogP contribution >= 0.6 is 0 Å².